The Morgan fingerprint density at radius 3 is 0.314 bits per heavy atom. The molecule has 0 aliphatic carbocycles. The molecule has 0 heterocycles. The minimum Gasteiger partial charge on any atom is -0.753 e. The summed E-state index contributed by atoms with van der Waals surface area (Å²) in [6.07, 6.45) is 33.2. The molecule has 0 aromatic heterocycles. The van der Waals surface area contributed by atoms with Gasteiger partial charge in [0.2, 0.25) is 0 Å². The number of quaternary nitrogens is 3. The van der Waals surface area contributed by atoms with E-state index in [4.69, 9.17) is 32.5 Å². The topological polar surface area (TPSA) is 134 Å². The van der Waals surface area contributed by atoms with Crippen LogP contribution in [0.1, 0.15) is 237 Å². The van der Waals surface area contributed by atoms with E-state index in [1.54, 1.807) is 0 Å². The van der Waals surface area contributed by atoms with Crippen LogP contribution >= 0.6 is 73.3 Å². The third-order valence-corrected chi connectivity index (χ3v) is 11.8. The van der Waals surface area contributed by atoms with E-state index in [9.17, 15) is 0 Å². The number of nitrogens with zero attached hydrogens (tertiary/aromatic N) is 9. The Morgan fingerprint density at radius 1 is 0.214 bits per heavy atom. The fourth-order valence-electron chi connectivity index (χ4n) is 7.93. The van der Waals surface area contributed by atoms with Gasteiger partial charge in [0, 0.05) is 0 Å². The van der Waals surface area contributed by atoms with Crippen molar-refractivity contribution in [2.45, 2.75) is 237 Å². The van der Waals surface area contributed by atoms with E-state index in [0.717, 1.165) is 0 Å². The summed E-state index contributed by atoms with van der Waals surface area (Å²) >= 11 is 22.2. The summed E-state index contributed by atoms with van der Waals surface area (Å²) in [6, 6.07) is 0. The zero-order valence-electron chi connectivity index (χ0n) is 47.2. The van der Waals surface area contributed by atoms with Crippen LogP contribution in [0, 0.1) is 38.2 Å². The van der Waals surface area contributed by atoms with E-state index in [0.29, 0.717) is 0 Å². The fraction of sp³-hybridized carbons (Fsp3) is 0.889. The molecular weight excluding hydrogens is 1130 g/mol. The fourth-order valence-corrected chi connectivity index (χ4v) is 7.93. The molecule has 0 unspecified atom stereocenters. The Morgan fingerprint density at radius 2 is 0.271 bits per heavy atom. The number of thiocarbonyl (C=S) groups is 6. The second-order valence-electron chi connectivity index (χ2n) is 17.5. The van der Waals surface area contributed by atoms with Crippen LogP contribution in [0.25, 0.3) is 32.5 Å². The SMILES string of the molecule is CCCC[N+](CCCC)(CCCC)CCCC.CCCC[N+](CCCC)(CCCC)CCCC.CCCC[N+](CCCC)(CCCC)CCCC.[Dy+3].[N-]=C=S.[N-]=C=S.[N-]=C=S.[N-]=C=S.[N-]=C=S.[N-]=C=S. The number of rotatable bonds is 36. The van der Waals surface area contributed by atoms with Gasteiger partial charge >= 0.3 is 38.2 Å². The normalized spacial score (nSPS) is 9.43. The Kier molecular flexibility index (Phi) is 117. The molecule has 0 aliphatic rings. The minimum atomic E-state index is 0. The van der Waals surface area contributed by atoms with Crippen LogP contribution in [0.5, 0.6) is 0 Å². The van der Waals surface area contributed by atoms with Gasteiger partial charge in [-0.15, -0.1) is 0 Å². The number of hydrogen-bond donors (Lipinski definition) is 0. The van der Waals surface area contributed by atoms with Crippen LogP contribution < -0.4 is 0 Å². The van der Waals surface area contributed by atoms with Gasteiger partial charge in [0.25, 0.3) is 0 Å². The Hall–Kier alpha value is -0.0473. The first-order chi connectivity index (χ1) is 33.2. The summed E-state index contributed by atoms with van der Waals surface area (Å²) in [5.74, 6) is 0. The van der Waals surface area contributed by atoms with Gasteiger partial charge in [-0.2, -0.15) is 31.0 Å². The van der Waals surface area contributed by atoms with Crippen molar-refractivity contribution >= 4 is 104 Å². The van der Waals surface area contributed by atoms with E-state index in [1.807, 2.05) is 0 Å². The molecule has 0 aromatic carbocycles. The van der Waals surface area contributed by atoms with Crippen LogP contribution in [-0.4, -0.2) is 123 Å². The third kappa shape index (κ3) is 84.7. The van der Waals surface area contributed by atoms with Crippen LogP contribution in [0.3, 0.4) is 0 Å². The Labute approximate surface area is 499 Å². The van der Waals surface area contributed by atoms with Gasteiger partial charge in [0.1, 0.15) is 0 Å². The smallest absolute Gasteiger partial charge is 0.753 e. The van der Waals surface area contributed by atoms with Crippen molar-refractivity contribution in [2.24, 2.45) is 0 Å². The Bertz CT molecular complexity index is 886. The van der Waals surface area contributed by atoms with Crippen molar-refractivity contribution in [1.82, 2.24) is 0 Å². The zero-order valence-corrected chi connectivity index (χ0v) is 54.2. The number of hydrogen-bond acceptors (Lipinski definition) is 6. The predicted octanol–water partition coefficient (Wildman–Crippen LogP) is 19.0. The van der Waals surface area contributed by atoms with E-state index < -0.39 is 0 Å². The molecule has 1 radical (unpaired) electrons. The summed E-state index contributed by atoms with van der Waals surface area (Å²) in [7, 11) is 0. The van der Waals surface area contributed by atoms with Gasteiger partial charge in [-0.1, -0.05) is 233 Å². The molecule has 0 saturated carbocycles. The second kappa shape index (κ2) is 88.6. The average molecular weight is 1240 g/mol. The quantitative estimate of drug-likeness (QED) is 0.0348. The van der Waals surface area contributed by atoms with Crippen LogP contribution in [0.2, 0.25) is 0 Å². The monoisotopic (exact) mass is 1240 g/mol. The molecule has 0 spiro atoms. The maximum absolute atomic E-state index is 7.13. The summed E-state index contributed by atoms with van der Waals surface area (Å²) in [5.41, 5.74) is 0. The molecule has 0 fully saturated rings. The van der Waals surface area contributed by atoms with Crippen LogP contribution in [0.4, 0.5) is 0 Å². The number of isothiocyanates is 6. The summed E-state index contributed by atoms with van der Waals surface area (Å²) < 4.78 is 4.26. The first-order valence-corrected chi connectivity index (χ1v) is 29.3. The molecule has 9 nitrogen and oxygen atoms in total. The van der Waals surface area contributed by atoms with Gasteiger partial charge in [0.05, 0.1) is 78.5 Å². The van der Waals surface area contributed by atoms with Gasteiger partial charge in [-0.3, -0.25) is 0 Å². The average Bonchev–Trinajstić information content (AvgIpc) is 3.34. The molecule has 0 N–H and O–H groups in total. The van der Waals surface area contributed by atoms with Crippen molar-refractivity contribution < 1.29 is 51.6 Å². The second-order valence-corrected chi connectivity index (χ2v) is 18.6. The molecule has 0 aromatic rings. The molecule has 16 heteroatoms. The van der Waals surface area contributed by atoms with Gasteiger partial charge < -0.3 is 45.9 Å². The summed E-state index contributed by atoms with van der Waals surface area (Å²) in [5, 5.41) is 50.8. The molecule has 415 valence electrons. The maximum atomic E-state index is 7.13. The first kappa shape index (κ1) is 92.5. The van der Waals surface area contributed by atoms with Crippen molar-refractivity contribution in [1.29, 1.82) is 0 Å². The molecule has 0 saturated heterocycles. The standard InChI is InChI=1S/3C16H36N.6CNS.Dy/c3*1-5-9-13-17(14-10-6-2,15-11-7-3)16-12-8-4;6*2-1-3;/h3*5-16H2,1-4H3;;;;;;;/q3*+1;6*-1;+3. The molecule has 0 rings (SSSR count). The number of unbranched alkanes of at least 4 members (excludes halogenated alkanes) is 12. The van der Waals surface area contributed by atoms with Crippen molar-refractivity contribution in [3.8, 4) is 0 Å². The van der Waals surface area contributed by atoms with Crippen molar-refractivity contribution in [3.05, 3.63) is 32.5 Å². The summed E-state index contributed by atoms with van der Waals surface area (Å²) in [4.78, 5) is 0. The maximum Gasteiger partial charge on any atom is 3.00 e. The van der Waals surface area contributed by atoms with Crippen LogP contribution in [-0.2, 0) is 0 Å². The predicted molar refractivity (Wildman–Crippen MR) is 334 cm³/mol. The first-order valence-electron chi connectivity index (χ1n) is 26.8. The zero-order chi connectivity index (χ0) is 55.2. The van der Waals surface area contributed by atoms with Gasteiger partial charge in [-0.05, 0) is 77.0 Å². The van der Waals surface area contributed by atoms with Gasteiger partial charge in [0.15, 0.2) is 0 Å². The Balaban J connectivity index is -0.0000000814. The summed E-state index contributed by atoms with van der Waals surface area (Å²) in [6.45, 7) is 45.1. The van der Waals surface area contributed by atoms with E-state index in [-0.39, 0.29) is 38.2 Å². The molecule has 0 amide bonds. The van der Waals surface area contributed by atoms with Crippen molar-refractivity contribution in [3.63, 3.8) is 0 Å². The molecular formula is C54H108DyN9S6. The van der Waals surface area contributed by atoms with Gasteiger partial charge in [-0.25, -0.2) is 0 Å². The van der Waals surface area contributed by atoms with E-state index >= 15 is 0 Å². The third-order valence-electron chi connectivity index (χ3n) is 11.8. The van der Waals surface area contributed by atoms with Crippen LogP contribution in [0.15, 0.2) is 0 Å². The molecule has 70 heavy (non-hydrogen) atoms. The van der Waals surface area contributed by atoms with Crippen molar-refractivity contribution in [2.75, 3.05) is 78.5 Å². The van der Waals surface area contributed by atoms with E-state index in [2.05, 4.69) is 156 Å². The molecule has 0 aliphatic heterocycles. The largest absolute Gasteiger partial charge is 3.00 e. The molecule has 0 bridgehead atoms. The minimum absolute atomic E-state index is 0. The molecule has 0 atom stereocenters. The van der Waals surface area contributed by atoms with E-state index in [1.165, 1.54) is 277 Å².